The van der Waals surface area contributed by atoms with Gasteiger partial charge in [0, 0.05) is 12.8 Å². The molecule has 0 heterocycles. The van der Waals surface area contributed by atoms with Crippen LogP contribution in [0, 0.1) is 0 Å². The molecule has 0 spiro atoms. The first-order valence-electron chi connectivity index (χ1n) is 29.4. The molecule has 0 saturated heterocycles. The van der Waals surface area contributed by atoms with Crippen LogP contribution in [0.15, 0.2) is 85.1 Å². The van der Waals surface area contributed by atoms with Gasteiger partial charge < -0.3 is 19.4 Å². The van der Waals surface area contributed by atoms with Gasteiger partial charge in [-0.3, -0.25) is 18.6 Å². The van der Waals surface area contributed by atoms with E-state index in [0.717, 1.165) is 103 Å². The molecule has 3 unspecified atom stereocenters. The van der Waals surface area contributed by atoms with Crippen molar-refractivity contribution in [3.8, 4) is 0 Å². The minimum Gasteiger partial charge on any atom is -0.456 e. The highest BCUT2D eigenvalue weighted by Gasteiger charge is 2.30. The topological polar surface area (TPSA) is 111 Å². The summed E-state index contributed by atoms with van der Waals surface area (Å²) in [5, 5.41) is 3.03. The molecule has 3 atom stereocenters. The maximum atomic E-state index is 13.5. The van der Waals surface area contributed by atoms with Crippen LogP contribution >= 0.6 is 7.82 Å². The lowest BCUT2D eigenvalue weighted by molar-refractivity contribution is -0.870. The van der Waals surface area contributed by atoms with Crippen LogP contribution in [0.4, 0.5) is 0 Å². The molecule has 2 N–H and O–H groups in total. The number of quaternary nitrogens is 1. The minimum absolute atomic E-state index is 0.0296. The number of nitrogens with one attached hydrogen (secondary N) is 1. The summed E-state index contributed by atoms with van der Waals surface area (Å²) < 4.78 is 30.6. The van der Waals surface area contributed by atoms with Gasteiger partial charge in [-0.25, -0.2) is 4.57 Å². The molecule has 0 rings (SSSR count). The quantitative estimate of drug-likeness (QED) is 0.0205. The predicted molar refractivity (Wildman–Crippen MR) is 309 cm³/mol. The molecule has 0 aliphatic carbocycles. The van der Waals surface area contributed by atoms with E-state index in [1.807, 2.05) is 33.3 Å². The Kier molecular flexibility index (Phi) is 49.6. The third-order valence-corrected chi connectivity index (χ3v) is 13.6. The monoisotopic (exact) mass is 1030 g/mol. The van der Waals surface area contributed by atoms with Crippen LogP contribution in [0.5, 0.6) is 0 Å². The summed E-state index contributed by atoms with van der Waals surface area (Å²) in [4.78, 5) is 37.6. The molecule has 1 amide bonds. The first kappa shape index (κ1) is 69.2. The minimum atomic E-state index is -4.46. The van der Waals surface area contributed by atoms with Gasteiger partial charge in [0.2, 0.25) is 5.91 Å². The van der Waals surface area contributed by atoms with Gasteiger partial charge >= 0.3 is 13.8 Å². The molecule has 0 radical (unpaired) electrons. The van der Waals surface area contributed by atoms with Gasteiger partial charge in [0.1, 0.15) is 19.3 Å². The number of likely N-dealkylation sites (N-methyl/N-ethyl adjacent to an activating group) is 1. The van der Waals surface area contributed by atoms with Crippen molar-refractivity contribution in [3.05, 3.63) is 85.1 Å². The molecular formula is C62H112N2O7P+. The van der Waals surface area contributed by atoms with Crippen molar-refractivity contribution in [1.82, 2.24) is 5.32 Å². The fraction of sp³-hybridized carbons (Fsp3) is 0.742. The molecule has 0 aliphatic rings. The zero-order valence-electron chi connectivity index (χ0n) is 47.4. The number of ether oxygens (including phenoxy) is 1. The number of hydrogen-bond donors (Lipinski definition) is 2. The van der Waals surface area contributed by atoms with Crippen LogP contribution in [0.3, 0.4) is 0 Å². The maximum Gasteiger partial charge on any atom is 0.472 e. The number of allylic oxidation sites excluding steroid dienone is 13. The van der Waals surface area contributed by atoms with Crippen LogP contribution in [0.1, 0.15) is 245 Å². The van der Waals surface area contributed by atoms with E-state index in [9.17, 15) is 19.0 Å². The van der Waals surface area contributed by atoms with E-state index in [1.54, 1.807) is 0 Å². The lowest BCUT2D eigenvalue weighted by Crippen LogP contribution is -2.47. The van der Waals surface area contributed by atoms with Crippen molar-refractivity contribution in [3.63, 3.8) is 0 Å². The number of amides is 1. The van der Waals surface area contributed by atoms with E-state index in [0.29, 0.717) is 23.9 Å². The van der Waals surface area contributed by atoms with Crippen molar-refractivity contribution >= 4 is 19.7 Å². The van der Waals surface area contributed by atoms with E-state index >= 15 is 0 Å². The van der Waals surface area contributed by atoms with Crippen LogP contribution in [-0.2, 0) is 27.9 Å². The molecule has 0 bridgehead atoms. The Hall–Kier alpha value is -2.81. The molecule has 72 heavy (non-hydrogen) atoms. The molecule has 0 fully saturated rings. The molecular weight excluding hydrogens is 916 g/mol. The molecule has 416 valence electrons. The number of nitrogens with zero attached hydrogens (tertiary/aromatic N) is 1. The number of phosphoric acid groups is 1. The van der Waals surface area contributed by atoms with E-state index in [1.165, 1.54) is 103 Å². The van der Waals surface area contributed by atoms with Crippen LogP contribution in [-0.4, -0.2) is 74.3 Å². The summed E-state index contributed by atoms with van der Waals surface area (Å²) in [6.07, 6.45) is 67.2. The van der Waals surface area contributed by atoms with Gasteiger partial charge in [0.05, 0.1) is 33.8 Å². The van der Waals surface area contributed by atoms with Gasteiger partial charge in [-0.2, -0.15) is 0 Å². The number of unbranched alkanes of at least 4 members (excludes halogenated alkanes) is 24. The van der Waals surface area contributed by atoms with E-state index in [4.69, 9.17) is 13.8 Å². The van der Waals surface area contributed by atoms with Crippen molar-refractivity contribution in [2.75, 3.05) is 40.9 Å². The van der Waals surface area contributed by atoms with E-state index in [2.05, 4.69) is 99.0 Å². The molecule has 0 saturated carbocycles. The van der Waals surface area contributed by atoms with Crippen LogP contribution < -0.4 is 5.32 Å². The fourth-order valence-electron chi connectivity index (χ4n) is 8.02. The Morgan fingerprint density at radius 1 is 0.500 bits per heavy atom. The second kappa shape index (κ2) is 51.7. The van der Waals surface area contributed by atoms with Crippen molar-refractivity contribution < 1.29 is 37.3 Å². The zero-order valence-corrected chi connectivity index (χ0v) is 48.3. The summed E-state index contributed by atoms with van der Waals surface area (Å²) in [6, 6.07) is -0.869. The molecule has 0 aromatic heterocycles. The lowest BCUT2D eigenvalue weighted by atomic mass is 10.1. The summed E-state index contributed by atoms with van der Waals surface area (Å²) in [5.41, 5.74) is 0. The number of phosphoric ester groups is 1. The first-order chi connectivity index (χ1) is 34.9. The predicted octanol–water partition coefficient (Wildman–Crippen LogP) is 17.8. The summed E-state index contributed by atoms with van der Waals surface area (Å²) in [6.45, 7) is 6.83. The van der Waals surface area contributed by atoms with Crippen LogP contribution in [0.25, 0.3) is 0 Å². The molecule has 0 aromatic carbocycles. The van der Waals surface area contributed by atoms with Gasteiger partial charge in [-0.1, -0.05) is 215 Å². The Morgan fingerprint density at radius 2 is 0.889 bits per heavy atom. The maximum absolute atomic E-state index is 13.5. The second-order valence-electron chi connectivity index (χ2n) is 20.8. The molecule has 9 nitrogen and oxygen atoms in total. The third-order valence-electron chi connectivity index (χ3n) is 12.6. The number of carbonyl (C=O) groups is 2. The fourth-order valence-corrected chi connectivity index (χ4v) is 8.75. The Balaban J connectivity index is 5.33. The number of esters is 1. The Bertz CT molecular complexity index is 1510. The summed E-state index contributed by atoms with van der Waals surface area (Å²) >= 11 is 0. The van der Waals surface area contributed by atoms with E-state index < -0.39 is 20.0 Å². The second-order valence-corrected chi connectivity index (χ2v) is 22.2. The molecule has 0 aromatic rings. The van der Waals surface area contributed by atoms with E-state index in [-0.39, 0.29) is 31.5 Å². The number of hydrogen-bond acceptors (Lipinski definition) is 6. The number of rotatable bonds is 52. The smallest absolute Gasteiger partial charge is 0.456 e. The van der Waals surface area contributed by atoms with Crippen LogP contribution in [0.2, 0.25) is 0 Å². The van der Waals surface area contributed by atoms with Gasteiger partial charge in [0.15, 0.2) is 0 Å². The van der Waals surface area contributed by atoms with Gasteiger partial charge in [-0.05, 0) is 102 Å². The largest absolute Gasteiger partial charge is 0.472 e. The summed E-state index contributed by atoms with van der Waals surface area (Å²) in [5.74, 6) is -0.550. The first-order valence-corrected chi connectivity index (χ1v) is 30.9. The lowest BCUT2D eigenvalue weighted by Gasteiger charge is -2.27. The third kappa shape index (κ3) is 52.1. The molecule has 0 aliphatic heterocycles. The Labute approximate surface area is 444 Å². The average molecular weight is 1030 g/mol. The van der Waals surface area contributed by atoms with Gasteiger partial charge in [-0.15, -0.1) is 0 Å². The number of carbonyl (C=O) groups excluding carboxylic acids is 2. The summed E-state index contributed by atoms with van der Waals surface area (Å²) in [7, 11) is 1.46. The average Bonchev–Trinajstić information content (AvgIpc) is 3.34. The van der Waals surface area contributed by atoms with Crippen molar-refractivity contribution in [1.29, 1.82) is 0 Å². The standard InChI is InChI=1S/C62H111N2O7P/c1-7-10-13-16-19-22-25-27-29-31-32-33-35-37-40-43-46-49-52-55-62(66)71-60(53-50-47-44-41-38-24-21-18-15-12-9-3)59(58-70-72(67,68)69-57-56-64(4,5)6)63-61(65)54-51-48-45-42-39-36-34-30-28-26-23-20-17-14-11-8-2/h11,14,19-20,22-23,27-30,36,39,50,53,59-60H,7-10,12-13,15-18,21,24-26,31-35,37-38,40-49,51-52,54-58H2,1-6H3,(H-,63,65,67,68)/p+1/b14-11+,22-19-,23-20+,29-27-,30-28+,39-36+,53-50+. The zero-order chi connectivity index (χ0) is 52.9. The normalized spacial score (nSPS) is 14.4. The highest BCUT2D eigenvalue weighted by molar-refractivity contribution is 7.47. The highest BCUT2D eigenvalue weighted by atomic mass is 31.2. The van der Waals surface area contributed by atoms with Crippen molar-refractivity contribution in [2.24, 2.45) is 0 Å². The highest BCUT2D eigenvalue weighted by Crippen LogP contribution is 2.43. The SMILES string of the molecule is CC/C=C/C/C=C/C/C=C/C/C=C/CCCCCC(=O)NC(COP(=O)(O)OCC[N+](C)(C)C)C(/C=C/CCCCCCCCCCC)OC(=O)CCCCCCCCCCC/C=C\C/C=C\CCCCC. The Morgan fingerprint density at radius 3 is 1.38 bits per heavy atom. The molecule has 10 heteroatoms. The van der Waals surface area contributed by atoms with Gasteiger partial charge in [0.25, 0.3) is 0 Å². The van der Waals surface area contributed by atoms with Crippen molar-refractivity contribution in [2.45, 2.75) is 258 Å².